The standard InChI is InChI=1S/C16H13ClN2O2/c1-21-13-5-2-11(3-6-13)9-19-10-18-15-7-4-12(17)8-14(15)16(19)20/h2-8,10H,9H2,1H3. The van der Waals surface area contributed by atoms with Crippen molar-refractivity contribution >= 4 is 22.5 Å². The summed E-state index contributed by atoms with van der Waals surface area (Å²) < 4.78 is 6.69. The molecule has 4 nitrogen and oxygen atoms in total. The SMILES string of the molecule is COc1ccc(Cn2cnc3ccc(Cl)cc3c2=O)cc1. The van der Waals surface area contributed by atoms with E-state index in [1.54, 1.807) is 36.2 Å². The molecule has 0 atom stereocenters. The minimum absolute atomic E-state index is 0.0988. The van der Waals surface area contributed by atoms with Gasteiger partial charge >= 0.3 is 0 Å². The van der Waals surface area contributed by atoms with Gasteiger partial charge < -0.3 is 4.74 Å². The van der Waals surface area contributed by atoms with E-state index in [2.05, 4.69) is 4.98 Å². The van der Waals surface area contributed by atoms with Gasteiger partial charge in [-0.05, 0) is 35.9 Å². The van der Waals surface area contributed by atoms with Crippen LogP contribution in [0.2, 0.25) is 5.02 Å². The third-order valence-corrected chi connectivity index (χ3v) is 3.53. The predicted octanol–water partition coefficient (Wildman–Crippen LogP) is 3.11. The van der Waals surface area contributed by atoms with E-state index in [-0.39, 0.29) is 5.56 Å². The van der Waals surface area contributed by atoms with Crippen molar-refractivity contribution in [2.45, 2.75) is 6.54 Å². The zero-order chi connectivity index (χ0) is 14.8. The molecule has 5 heteroatoms. The molecule has 106 valence electrons. The summed E-state index contributed by atoms with van der Waals surface area (Å²) in [6.07, 6.45) is 1.56. The van der Waals surface area contributed by atoms with E-state index in [9.17, 15) is 4.79 Å². The van der Waals surface area contributed by atoms with Crippen LogP contribution in [0.3, 0.4) is 0 Å². The first kappa shape index (κ1) is 13.6. The lowest BCUT2D eigenvalue weighted by atomic mass is 10.2. The van der Waals surface area contributed by atoms with Gasteiger partial charge in [-0.25, -0.2) is 4.98 Å². The molecule has 0 saturated carbocycles. The van der Waals surface area contributed by atoms with Crippen LogP contribution in [0.4, 0.5) is 0 Å². The smallest absolute Gasteiger partial charge is 0.261 e. The molecule has 0 bridgehead atoms. The predicted molar refractivity (Wildman–Crippen MR) is 83.1 cm³/mol. The first-order valence-corrected chi connectivity index (χ1v) is 6.83. The van der Waals surface area contributed by atoms with Crippen LogP contribution in [0, 0.1) is 0 Å². The first-order chi connectivity index (χ1) is 10.2. The molecule has 21 heavy (non-hydrogen) atoms. The molecular formula is C16H13ClN2O2. The number of ether oxygens (including phenoxy) is 1. The van der Waals surface area contributed by atoms with Crippen LogP contribution in [0.25, 0.3) is 10.9 Å². The summed E-state index contributed by atoms with van der Waals surface area (Å²) in [4.78, 5) is 16.7. The molecule has 0 saturated heterocycles. The fraction of sp³-hybridized carbons (Fsp3) is 0.125. The molecule has 3 aromatic rings. The Morgan fingerprint density at radius 3 is 2.67 bits per heavy atom. The number of halogens is 1. The maximum absolute atomic E-state index is 12.4. The normalized spacial score (nSPS) is 10.8. The Bertz CT molecular complexity index is 841. The summed E-state index contributed by atoms with van der Waals surface area (Å²) >= 11 is 5.95. The quantitative estimate of drug-likeness (QED) is 0.746. The molecule has 0 radical (unpaired) electrons. The number of aromatic nitrogens is 2. The lowest BCUT2D eigenvalue weighted by Gasteiger charge is -2.07. The minimum Gasteiger partial charge on any atom is -0.497 e. The fourth-order valence-corrected chi connectivity index (χ4v) is 2.34. The molecule has 0 fully saturated rings. The summed E-state index contributed by atoms with van der Waals surface area (Å²) in [5.74, 6) is 0.787. The summed E-state index contributed by atoms with van der Waals surface area (Å²) in [7, 11) is 1.62. The fourth-order valence-electron chi connectivity index (χ4n) is 2.17. The van der Waals surface area contributed by atoms with Crippen molar-refractivity contribution < 1.29 is 4.74 Å². The molecule has 0 N–H and O–H groups in total. The lowest BCUT2D eigenvalue weighted by molar-refractivity contribution is 0.414. The largest absolute Gasteiger partial charge is 0.497 e. The number of fused-ring (bicyclic) bond motifs is 1. The van der Waals surface area contributed by atoms with E-state index >= 15 is 0 Å². The van der Waals surface area contributed by atoms with E-state index in [4.69, 9.17) is 16.3 Å². The Balaban J connectivity index is 2.00. The van der Waals surface area contributed by atoms with Gasteiger partial charge in [0.25, 0.3) is 5.56 Å². The third-order valence-electron chi connectivity index (χ3n) is 3.30. The van der Waals surface area contributed by atoms with Crippen molar-refractivity contribution in [1.29, 1.82) is 0 Å². The highest BCUT2D eigenvalue weighted by Gasteiger charge is 2.05. The van der Waals surface area contributed by atoms with Crippen molar-refractivity contribution in [3.63, 3.8) is 0 Å². The summed E-state index contributed by atoms with van der Waals surface area (Å²) in [5, 5.41) is 1.06. The number of methoxy groups -OCH3 is 1. The lowest BCUT2D eigenvalue weighted by Crippen LogP contribution is -2.21. The summed E-state index contributed by atoms with van der Waals surface area (Å²) in [5.41, 5.74) is 1.55. The number of hydrogen-bond donors (Lipinski definition) is 0. The van der Waals surface area contributed by atoms with E-state index < -0.39 is 0 Å². The molecule has 1 aromatic heterocycles. The van der Waals surface area contributed by atoms with Crippen molar-refractivity contribution in [3.05, 3.63) is 69.7 Å². The van der Waals surface area contributed by atoms with Gasteiger partial charge in [-0.3, -0.25) is 9.36 Å². The van der Waals surface area contributed by atoms with E-state index in [0.717, 1.165) is 11.3 Å². The zero-order valence-corrected chi connectivity index (χ0v) is 12.2. The van der Waals surface area contributed by atoms with Gasteiger partial charge in [-0.2, -0.15) is 0 Å². The van der Waals surface area contributed by atoms with Crippen molar-refractivity contribution in [1.82, 2.24) is 9.55 Å². The van der Waals surface area contributed by atoms with Crippen LogP contribution >= 0.6 is 11.6 Å². The van der Waals surface area contributed by atoms with Gasteiger partial charge in [-0.15, -0.1) is 0 Å². The highest BCUT2D eigenvalue weighted by Crippen LogP contribution is 2.15. The van der Waals surface area contributed by atoms with Gasteiger partial charge in [0, 0.05) is 5.02 Å². The molecule has 0 amide bonds. The molecule has 0 aliphatic carbocycles. The average molecular weight is 301 g/mol. The number of rotatable bonds is 3. The number of nitrogens with zero attached hydrogens (tertiary/aromatic N) is 2. The van der Waals surface area contributed by atoms with Gasteiger partial charge in [0.05, 0.1) is 30.9 Å². The maximum atomic E-state index is 12.4. The topological polar surface area (TPSA) is 44.1 Å². The molecule has 0 aliphatic heterocycles. The summed E-state index contributed by atoms with van der Waals surface area (Å²) in [6.45, 7) is 0.457. The second kappa shape index (κ2) is 5.58. The second-order valence-electron chi connectivity index (χ2n) is 4.69. The minimum atomic E-state index is -0.0988. The van der Waals surface area contributed by atoms with E-state index in [1.165, 1.54) is 0 Å². The highest BCUT2D eigenvalue weighted by atomic mass is 35.5. The van der Waals surface area contributed by atoms with Crippen LogP contribution < -0.4 is 10.3 Å². The molecule has 1 heterocycles. The summed E-state index contributed by atoms with van der Waals surface area (Å²) in [6, 6.07) is 12.7. The second-order valence-corrected chi connectivity index (χ2v) is 5.12. The van der Waals surface area contributed by atoms with E-state index in [1.807, 2.05) is 24.3 Å². The molecular weight excluding hydrogens is 288 g/mol. The molecule has 2 aromatic carbocycles. The third kappa shape index (κ3) is 2.76. The molecule has 3 rings (SSSR count). The van der Waals surface area contributed by atoms with Crippen molar-refractivity contribution in [2.75, 3.05) is 7.11 Å². The molecule has 0 unspecified atom stereocenters. The van der Waals surface area contributed by atoms with Gasteiger partial charge in [-0.1, -0.05) is 23.7 Å². The van der Waals surface area contributed by atoms with Crippen LogP contribution in [-0.4, -0.2) is 16.7 Å². The molecule has 0 spiro atoms. The Kier molecular flexibility index (Phi) is 3.62. The molecule has 0 aliphatic rings. The average Bonchev–Trinajstić information content (AvgIpc) is 2.51. The van der Waals surface area contributed by atoms with Crippen molar-refractivity contribution in [3.8, 4) is 5.75 Å². The Morgan fingerprint density at radius 2 is 1.95 bits per heavy atom. The van der Waals surface area contributed by atoms with Crippen LogP contribution in [-0.2, 0) is 6.54 Å². The maximum Gasteiger partial charge on any atom is 0.261 e. The number of benzene rings is 2. The van der Waals surface area contributed by atoms with Crippen LogP contribution in [0.5, 0.6) is 5.75 Å². The van der Waals surface area contributed by atoms with Gasteiger partial charge in [0.15, 0.2) is 0 Å². The monoisotopic (exact) mass is 300 g/mol. The van der Waals surface area contributed by atoms with Gasteiger partial charge in [0.1, 0.15) is 5.75 Å². The van der Waals surface area contributed by atoms with Crippen LogP contribution in [0.15, 0.2) is 53.6 Å². The van der Waals surface area contributed by atoms with Gasteiger partial charge in [0.2, 0.25) is 0 Å². The first-order valence-electron chi connectivity index (χ1n) is 6.45. The zero-order valence-electron chi connectivity index (χ0n) is 11.4. The van der Waals surface area contributed by atoms with Crippen molar-refractivity contribution in [2.24, 2.45) is 0 Å². The Morgan fingerprint density at radius 1 is 1.19 bits per heavy atom. The Hall–Kier alpha value is -2.33. The Labute approximate surface area is 126 Å². The van der Waals surface area contributed by atoms with E-state index in [0.29, 0.717) is 22.5 Å². The highest BCUT2D eigenvalue weighted by molar-refractivity contribution is 6.31. The number of hydrogen-bond acceptors (Lipinski definition) is 3. The van der Waals surface area contributed by atoms with Crippen LogP contribution in [0.1, 0.15) is 5.56 Å².